The van der Waals surface area contributed by atoms with Crippen molar-refractivity contribution in [1.82, 2.24) is 146 Å². The Kier molecular flexibility index (Phi) is 30.8. The minimum Gasteiger partial charge on any atom is -0.310 e. The van der Waals surface area contributed by atoms with Gasteiger partial charge in [0.2, 0.25) is 0 Å². The number of aryl methyl sites for hydroxylation is 13. The van der Waals surface area contributed by atoms with Gasteiger partial charge in [-0.15, -0.1) is 71.1 Å². The quantitative estimate of drug-likeness (QED) is 0.0464. The summed E-state index contributed by atoms with van der Waals surface area (Å²) in [6.07, 6.45) is 0.762. The largest absolute Gasteiger partial charge is 0.310 e. The molecule has 0 aliphatic carbocycles. The first-order chi connectivity index (χ1) is 65.8. The number of azo groups is 5. The predicted octanol–water partition coefficient (Wildman–Crippen LogP) is 25.3. The molecular formula is C96H140N44S2. The molecule has 0 saturated heterocycles. The lowest BCUT2D eigenvalue weighted by molar-refractivity contribution is 0.542. The fourth-order valence-corrected chi connectivity index (χ4v) is 17.3. The average Bonchev–Trinajstić information content (AvgIpc) is 1.59. The molecule has 0 radical (unpaired) electrons. The number of hydrogen-bond acceptors (Lipinski definition) is 28. The van der Waals surface area contributed by atoms with Crippen LogP contribution in [0.2, 0.25) is 0 Å². The zero-order valence-electron chi connectivity index (χ0n) is 91.1. The van der Waals surface area contributed by atoms with Crippen molar-refractivity contribution in [2.45, 2.75) is 341 Å². The van der Waals surface area contributed by atoms with Crippen LogP contribution in [0, 0.1) is 47.1 Å². The van der Waals surface area contributed by atoms with Crippen molar-refractivity contribution in [3.05, 3.63) is 126 Å². The van der Waals surface area contributed by atoms with Crippen LogP contribution in [-0.4, -0.2) is 152 Å². The van der Waals surface area contributed by atoms with Crippen LogP contribution >= 0.6 is 23.1 Å². The minimum atomic E-state index is -0.263. The summed E-state index contributed by atoms with van der Waals surface area (Å²) in [6.45, 7) is 109. The van der Waals surface area contributed by atoms with Crippen LogP contribution in [0.15, 0.2) is 55.5 Å². The third kappa shape index (κ3) is 21.8. The van der Waals surface area contributed by atoms with E-state index < -0.39 is 0 Å². The summed E-state index contributed by atoms with van der Waals surface area (Å²) in [5.41, 5.74) is 14.2. The number of nitrogens with zero attached hydrogens (tertiary/aromatic N) is 44. The number of hydrogen-bond donors (Lipinski definition) is 0. The van der Waals surface area contributed by atoms with Crippen LogP contribution in [0.3, 0.4) is 0 Å². The molecule has 15 aromatic heterocycles. The molecule has 0 atom stereocenters. The third-order valence-corrected chi connectivity index (χ3v) is 24.5. The molecule has 0 aliphatic rings. The lowest BCUT2D eigenvalue weighted by Gasteiger charge is -2.15. The summed E-state index contributed by atoms with van der Waals surface area (Å²) in [6, 6.07) is 0. The highest BCUT2D eigenvalue weighted by atomic mass is 32.2. The van der Waals surface area contributed by atoms with Crippen molar-refractivity contribution in [3.8, 4) is 0 Å². The zero-order chi connectivity index (χ0) is 106. The van der Waals surface area contributed by atoms with Gasteiger partial charge in [0, 0.05) is 101 Å². The number of aromatic nitrogens is 30. The summed E-state index contributed by atoms with van der Waals surface area (Å²) in [4.78, 5) is 14.9. The molecule has 15 rings (SSSR count). The maximum atomic E-state index is 7.73. The van der Waals surface area contributed by atoms with E-state index in [0.29, 0.717) is 104 Å². The van der Waals surface area contributed by atoms with Crippen molar-refractivity contribution >= 4 is 131 Å². The van der Waals surface area contributed by atoms with E-state index >= 15 is 0 Å². The molecular weight excluding hydrogens is 1830 g/mol. The Bertz CT molecular complexity index is 7540. The van der Waals surface area contributed by atoms with Gasteiger partial charge < -0.3 is 4.57 Å². The molecule has 0 unspecified atom stereocenters. The van der Waals surface area contributed by atoms with Crippen molar-refractivity contribution in [1.29, 1.82) is 0 Å². The molecule has 142 heavy (non-hydrogen) atoms. The monoisotopic (exact) mass is 1970 g/mol. The van der Waals surface area contributed by atoms with Crippen molar-refractivity contribution < 1.29 is 0 Å². The predicted molar refractivity (Wildman–Crippen MR) is 555 cm³/mol. The van der Waals surface area contributed by atoms with E-state index in [1.165, 1.54) is 11.3 Å². The van der Waals surface area contributed by atoms with E-state index in [2.05, 4.69) is 268 Å². The van der Waals surface area contributed by atoms with E-state index in [9.17, 15) is 0 Å². The molecule has 0 saturated carbocycles. The minimum absolute atomic E-state index is 0.168. The van der Waals surface area contributed by atoms with Crippen LogP contribution < -0.4 is 0 Å². The van der Waals surface area contributed by atoms with Crippen LogP contribution in [0.25, 0.3) is 47.6 Å². The lowest BCUT2D eigenvalue weighted by Crippen LogP contribution is -2.13. The second-order valence-corrected chi connectivity index (χ2v) is 46.8. The Hall–Kier alpha value is -13.9. The molecule has 46 heteroatoms. The second-order valence-electron chi connectivity index (χ2n) is 44.3. The van der Waals surface area contributed by atoms with E-state index in [4.69, 9.17) is 46.7 Å². The van der Waals surface area contributed by atoms with E-state index in [1.54, 1.807) is 74.8 Å². The number of thioether (sulfide) groups is 1. The highest BCUT2D eigenvalue weighted by Gasteiger charge is 2.38. The molecule has 44 nitrogen and oxygen atoms in total. The van der Waals surface area contributed by atoms with Gasteiger partial charge in [-0.1, -0.05) is 238 Å². The normalized spacial score (nSPS) is 13.0. The standard InChI is InChI=1S/2C21H31N9.C20H29N9.C19H27N9.C15H22N8S2/c1-12(2)17-27-29(11)19-14(16(21(6,7)8)26-30(17)19)23-24-18-13(22-9)15(20(3,4)5)25-28(18)10;1-11-28-18(14(22-10)16(26-28)20(4,5)6)24-23-15-17(21(7,8)9)27-30-13(3)25-29(12-2)19(15)30;1-11-12-24-28(10)18-14(16(20(5,6)7)26-29(12)18)22-23-17-13(21-8)15(19(2,3)4)25-27(17)9;1-11-23-27(10)17-13(15(19(5,6)7)25-28(11)17)21-22-16-12(20-8)14(18(2,3)4)24-26(16)9;1-7-22-9(3)20-23-12(22)10(11(21-23)15(4,5)6)16-17-13-18-19-14(25-13)24-8-2/h12H,1-8,10-11H3;11-12H2,1-9H3;11H2,1-7,9-10H3;1-7,9-10H3;7-8H2,1-6H3. The Morgan fingerprint density at radius 1 is 0.310 bits per heavy atom. The highest BCUT2D eigenvalue weighted by molar-refractivity contribution is 8.01. The third-order valence-electron chi connectivity index (χ3n) is 22.7. The first kappa shape index (κ1) is 109. The first-order valence-electron chi connectivity index (χ1n) is 47.5. The maximum Gasteiger partial charge on any atom is 0.255 e. The molecule has 0 bridgehead atoms. The van der Waals surface area contributed by atoms with Gasteiger partial charge >= 0.3 is 0 Å². The Morgan fingerprint density at radius 3 is 1.03 bits per heavy atom. The maximum absolute atomic E-state index is 7.73. The van der Waals surface area contributed by atoms with Crippen LogP contribution in [-0.2, 0) is 117 Å². The zero-order valence-corrected chi connectivity index (χ0v) is 92.7. The fourth-order valence-electron chi connectivity index (χ4n) is 15.7. The number of rotatable bonds is 17. The summed E-state index contributed by atoms with van der Waals surface area (Å²) in [5, 5.41) is 119. The summed E-state index contributed by atoms with van der Waals surface area (Å²) >= 11 is 3.10. The van der Waals surface area contributed by atoms with Gasteiger partial charge in [0.15, 0.2) is 95.9 Å². The van der Waals surface area contributed by atoms with Gasteiger partial charge in [0.1, 0.15) is 17.5 Å². The van der Waals surface area contributed by atoms with E-state index in [0.717, 1.165) is 120 Å². The van der Waals surface area contributed by atoms with Gasteiger partial charge in [0.05, 0.1) is 77.5 Å². The van der Waals surface area contributed by atoms with Gasteiger partial charge in [-0.05, 0) is 69.0 Å². The van der Waals surface area contributed by atoms with Crippen LogP contribution in [0.4, 0.5) is 79.6 Å². The van der Waals surface area contributed by atoms with Crippen molar-refractivity contribution in [2.24, 2.45) is 93.4 Å². The Labute approximate surface area is 838 Å². The Balaban J connectivity index is 0.000000170. The van der Waals surface area contributed by atoms with Crippen molar-refractivity contribution in [2.75, 3.05) is 5.75 Å². The highest BCUT2D eigenvalue weighted by Crippen LogP contribution is 2.49. The van der Waals surface area contributed by atoms with E-state index in [-0.39, 0.29) is 54.7 Å². The van der Waals surface area contributed by atoms with Crippen LogP contribution in [0.5, 0.6) is 0 Å². The van der Waals surface area contributed by atoms with Crippen molar-refractivity contribution in [3.63, 3.8) is 0 Å². The summed E-state index contributed by atoms with van der Waals surface area (Å²) < 4.78 is 25.8. The fraction of sp³-hybridized carbons (Fsp3) is 0.604. The summed E-state index contributed by atoms with van der Waals surface area (Å²) in [7, 11) is 11.0. The average molecular weight is 1970 g/mol. The van der Waals surface area contributed by atoms with E-state index in [1.807, 2.05) is 164 Å². The number of fused-ring (bicyclic) bond motifs is 5. The molecule has 0 N–H and O–H groups in total. The molecule has 15 aromatic rings. The molecule has 0 amide bonds. The molecule has 756 valence electrons. The lowest BCUT2D eigenvalue weighted by atomic mass is 9.91. The molecule has 0 fully saturated rings. The molecule has 0 spiro atoms. The van der Waals surface area contributed by atoms with Gasteiger partial charge in [-0.2, -0.15) is 84.3 Å². The topological polar surface area (TPSA) is 414 Å². The van der Waals surface area contributed by atoms with Gasteiger partial charge in [-0.25, -0.2) is 38.1 Å². The van der Waals surface area contributed by atoms with Gasteiger partial charge in [-0.3, -0.25) is 18.7 Å². The Morgan fingerprint density at radius 2 is 0.641 bits per heavy atom. The van der Waals surface area contributed by atoms with Crippen LogP contribution in [0.1, 0.15) is 322 Å². The van der Waals surface area contributed by atoms with Gasteiger partial charge in [0.25, 0.3) is 27.9 Å². The first-order valence-corrected chi connectivity index (χ1v) is 49.3. The SMILES string of the molecule is CCSc1nnc(N=Nc2c(C(C)(C)C)nn3nc(C)n(CC)c23)s1.[C-]#[N+]c1c(C(C)(C)C)nn(C)c1N=Nc1c(C(C)(C)C)nn2c(C(C)C)nn(C)c12.[C-]#[N+]c1c(C(C)(C)C)nn(C)c1N=Nc1c(C(C)(C)C)nn2c(C)nn(C)c12.[C-]#[N+]c1c(C(C)(C)C)nn(C)c1N=Nc1c(C(C)(C)C)nn2c(CC)nn(C)c12.[C-]#[N+]c1c(C(C)(C)C)nn(CC)c1N=Nc1c(C(C)(C)C)nn2c(C)nn(CC)c12. The molecule has 15 heterocycles. The summed E-state index contributed by atoms with van der Waals surface area (Å²) in [5.74, 6) is 7.21. The molecule has 0 aromatic carbocycles. The second kappa shape index (κ2) is 40.2. The smallest absolute Gasteiger partial charge is 0.255 e. The molecule has 0 aliphatic heterocycles.